The van der Waals surface area contributed by atoms with Crippen LogP contribution in [0.1, 0.15) is 6.42 Å². The van der Waals surface area contributed by atoms with Crippen molar-refractivity contribution in [3.8, 4) is 0 Å². The lowest BCUT2D eigenvalue weighted by Gasteiger charge is -2.16. The molecule has 1 saturated carbocycles. The zero-order valence-corrected chi connectivity index (χ0v) is 8.77. The summed E-state index contributed by atoms with van der Waals surface area (Å²) in [4.78, 5) is 9.73. The standard InChI is InChI=1S/C7H13ClO2Si/c1-11(2,3)5-4-7(5,8)6(9)10/h5H,4H2,1-3H3,(H,9,10). The summed E-state index contributed by atoms with van der Waals surface area (Å²) in [6, 6.07) is 0. The Morgan fingerprint density at radius 3 is 2.18 bits per heavy atom. The molecular weight excluding hydrogens is 180 g/mol. The minimum Gasteiger partial charge on any atom is -0.480 e. The number of hydrogen-bond acceptors (Lipinski definition) is 1. The summed E-state index contributed by atoms with van der Waals surface area (Å²) in [5, 5.41) is 8.74. The highest BCUT2D eigenvalue weighted by Gasteiger charge is 2.64. The van der Waals surface area contributed by atoms with Crippen molar-refractivity contribution in [1.82, 2.24) is 0 Å². The Labute approximate surface area is 72.6 Å². The monoisotopic (exact) mass is 192 g/mol. The second-order valence-corrected chi connectivity index (χ2v) is 10.4. The SMILES string of the molecule is C[Si](C)(C)C1CC1(Cl)C(=O)O. The van der Waals surface area contributed by atoms with Gasteiger partial charge in [-0.25, -0.2) is 0 Å². The summed E-state index contributed by atoms with van der Waals surface area (Å²) in [6.45, 7) is 6.47. The van der Waals surface area contributed by atoms with Gasteiger partial charge in [0, 0.05) is 0 Å². The Morgan fingerprint density at radius 1 is 1.64 bits per heavy atom. The summed E-state index contributed by atoms with van der Waals surface area (Å²) < 4.78 is 0. The summed E-state index contributed by atoms with van der Waals surface area (Å²) in [5.74, 6) is -0.841. The molecular formula is C7H13ClO2Si. The second-order valence-electron chi connectivity index (χ2n) is 4.29. The van der Waals surface area contributed by atoms with E-state index < -0.39 is 18.9 Å². The van der Waals surface area contributed by atoms with Crippen LogP contribution < -0.4 is 0 Å². The normalized spacial score (nSPS) is 36.9. The van der Waals surface area contributed by atoms with Crippen LogP contribution in [-0.2, 0) is 4.79 Å². The van der Waals surface area contributed by atoms with Gasteiger partial charge in [-0.1, -0.05) is 19.6 Å². The summed E-state index contributed by atoms with van der Waals surface area (Å²) >= 11 is 5.87. The van der Waals surface area contributed by atoms with E-state index in [9.17, 15) is 4.79 Å². The maximum Gasteiger partial charge on any atom is 0.324 e. The van der Waals surface area contributed by atoms with E-state index in [0.29, 0.717) is 6.42 Å². The molecule has 0 saturated heterocycles. The van der Waals surface area contributed by atoms with Gasteiger partial charge in [0.1, 0.15) is 4.87 Å². The predicted octanol–water partition coefficient (Wildman–Crippen LogP) is 2.16. The van der Waals surface area contributed by atoms with Gasteiger partial charge in [-0.3, -0.25) is 4.79 Å². The highest BCUT2D eigenvalue weighted by Crippen LogP contribution is 2.60. The molecule has 1 aliphatic rings. The van der Waals surface area contributed by atoms with Crippen LogP contribution in [0, 0.1) is 0 Å². The molecule has 1 rings (SSSR count). The van der Waals surface area contributed by atoms with Crippen molar-refractivity contribution in [1.29, 1.82) is 0 Å². The van der Waals surface area contributed by atoms with Gasteiger partial charge in [0.15, 0.2) is 0 Å². The van der Waals surface area contributed by atoms with Crippen LogP contribution >= 0.6 is 11.6 Å². The zero-order valence-electron chi connectivity index (χ0n) is 7.02. The van der Waals surface area contributed by atoms with Gasteiger partial charge in [-0.15, -0.1) is 11.6 Å². The van der Waals surface area contributed by atoms with Crippen LogP contribution in [0.3, 0.4) is 0 Å². The summed E-state index contributed by atoms with van der Waals surface area (Å²) in [6.07, 6.45) is 0.666. The van der Waals surface area contributed by atoms with E-state index in [-0.39, 0.29) is 5.54 Å². The van der Waals surface area contributed by atoms with Gasteiger partial charge in [0.2, 0.25) is 0 Å². The topological polar surface area (TPSA) is 37.3 Å². The van der Waals surface area contributed by atoms with Crippen molar-refractivity contribution < 1.29 is 9.90 Å². The van der Waals surface area contributed by atoms with Gasteiger partial charge < -0.3 is 5.11 Å². The number of halogens is 1. The molecule has 0 heterocycles. The third kappa shape index (κ3) is 1.44. The van der Waals surface area contributed by atoms with E-state index in [1.165, 1.54) is 0 Å². The molecule has 0 aromatic carbocycles. The molecule has 0 aromatic rings. The van der Waals surface area contributed by atoms with Gasteiger partial charge in [0.05, 0.1) is 8.07 Å². The molecule has 64 valence electrons. The molecule has 1 N–H and O–H groups in total. The van der Waals surface area contributed by atoms with Crippen LogP contribution in [0.2, 0.25) is 25.2 Å². The summed E-state index contributed by atoms with van der Waals surface area (Å²) in [5.41, 5.74) is 0.258. The largest absolute Gasteiger partial charge is 0.480 e. The van der Waals surface area contributed by atoms with Crippen molar-refractivity contribution in [2.75, 3.05) is 0 Å². The summed E-state index contributed by atoms with van der Waals surface area (Å²) in [7, 11) is -1.33. The molecule has 1 fully saturated rings. The lowest BCUT2D eigenvalue weighted by Crippen LogP contribution is -2.28. The molecule has 4 heteroatoms. The van der Waals surface area contributed by atoms with Crippen molar-refractivity contribution in [2.45, 2.75) is 36.5 Å². The maximum atomic E-state index is 10.6. The molecule has 1 aliphatic carbocycles. The van der Waals surface area contributed by atoms with Crippen molar-refractivity contribution >= 4 is 25.6 Å². The number of carboxylic acids is 1. The molecule has 2 atom stereocenters. The fraction of sp³-hybridized carbons (Fsp3) is 0.857. The highest BCUT2D eigenvalue weighted by atomic mass is 35.5. The molecule has 2 unspecified atom stereocenters. The Balaban J connectivity index is 2.68. The van der Waals surface area contributed by atoms with E-state index in [1.54, 1.807) is 0 Å². The highest BCUT2D eigenvalue weighted by molar-refractivity contribution is 6.80. The average molecular weight is 193 g/mol. The predicted molar refractivity (Wildman–Crippen MR) is 47.9 cm³/mol. The number of hydrogen-bond donors (Lipinski definition) is 1. The molecule has 0 amide bonds. The van der Waals surface area contributed by atoms with Crippen LogP contribution in [0.5, 0.6) is 0 Å². The first-order chi connectivity index (χ1) is 4.78. The minimum absolute atomic E-state index is 0.258. The Kier molecular flexibility index (Phi) is 1.84. The van der Waals surface area contributed by atoms with Crippen LogP contribution in [-0.4, -0.2) is 24.0 Å². The van der Waals surface area contributed by atoms with Crippen molar-refractivity contribution in [3.05, 3.63) is 0 Å². The Hall–Kier alpha value is -0.0231. The van der Waals surface area contributed by atoms with Crippen LogP contribution in [0.15, 0.2) is 0 Å². The average Bonchev–Trinajstić information content (AvgIpc) is 2.41. The third-order valence-electron chi connectivity index (χ3n) is 2.29. The second kappa shape index (κ2) is 2.23. The molecule has 0 radical (unpaired) electrons. The third-order valence-corrected chi connectivity index (χ3v) is 5.84. The number of aliphatic carboxylic acids is 1. The number of rotatable bonds is 2. The van der Waals surface area contributed by atoms with Gasteiger partial charge in [0.25, 0.3) is 0 Å². The zero-order chi connectivity index (χ0) is 8.86. The lowest BCUT2D eigenvalue weighted by molar-refractivity contribution is -0.137. The van der Waals surface area contributed by atoms with E-state index in [0.717, 1.165) is 0 Å². The van der Waals surface area contributed by atoms with Gasteiger partial charge in [-0.2, -0.15) is 0 Å². The molecule has 0 aliphatic heterocycles. The molecule has 2 nitrogen and oxygen atoms in total. The van der Waals surface area contributed by atoms with Gasteiger partial charge in [-0.05, 0) is 12.0 Å². The van der Waals surface area contributed by atoms with E-state index in [2.05, 4.69) is 19.6 Å². The smallest absolute Gasteiger partial charge is 0.324 e. The quantitative estimate of drug-likeness (QED) is 0.538. The first kappa shape index (κ1) is 9.07. The number of carbonyl (C=O) groups is 1. The van der Waals surface area contributed by atoms with Crippen LogP contribution in [0.25, 0.3) is 0 Å². The molecule has 0 spiro atoms. The molecule has 11 heavy (non-hydrogen) atoms. The van der Waals surface area contributed by atoms with Crippen LogP contribution in [0.4, 0.5) is 0 Å². The van der Waals surface area contributed by atoms with E-state index in [4.69, 9.17) is 16.7 Å². The fourth-order valence-corrected chi connectivity index (χ4v) is 5.16. The lowest BCUT2D eigenvalue weighted by atomic mass is 10.4. The van der Waals surface area contributed by atoms with Crippen molar-refractivity contribution in [3.63, 3.8) is 0 Å². The molecule has 0 aromatic heterocycles. The Morgan fingerprint density at radius 2 is 2.09 bits per heavy atom. The first-order valence-corrected chi connectivity index (χ1v) is 7.66. The Bertz CT molecular complexity index is 199. The number of alkyl halides is 1. The minimum atomic E-state index is -1.33. The van der Waals surface area contributed by atoms with E-state index in [1.807, 2.05) is 0 Å². The number of carboxylic acid groups (broad SMARTS) is 1. The fourth-order valence-electron chi connectivity index (χ4n) is 1.47. The van der Waals surface area contributed by atoms with Gasteiger partial charge >= 0.3 is 5.97 Å². The van der Waals surface area contributed by atoms with E-state index >= 15 is 0 Å². The molecule has 0 bridgehead atoms. The van der Waals surface area contributed by atoms with Crippen molar-refractivity contribution in [2.24, 2.45) is 0 Å². The maximum absolute atomic E-state index is 10.6. The first-order valence-electron chi connectivity index (χ1n) is 3.71.